The minimum atomic E-state index is -2.48. The molecular weight excluding hydrogens is 203 g/mol. The van der Waals surface area contributed by atoms with E-state index in [2.05, 4.69) is 4.52 Å². The molecule has 0 aliphatic carbocycles. The van der Waals surface area contributed by atoms with Crippen molar-refractivity contribution in [3.63, 3.8) is 0 Å². The van der Waals surface area contributed by atoms with Crippen molar-refractivity contribution in [2.45, 2.75) is 6.42 Å². The zero-order valence-electron chi connectivity index (χ0n) is 7.63. The predicted octanol–water partition coefficient (Wildman–Crippen LogP) is 2.12. The molecule has 0 amide bonds. The molecule has 0 spiro atoms. The van der Waals surface area contributed by atoms with Gasteiger partial charge in [0.25, 0.3) is 0 Å². The molecule has 4 nitrogen and oxygen atoms in total. The molecule has 14 heavy (non-hydrogen) atoms. The molecule has 0 bridgehead atoms. The van der Waals surface area contributed by atoms with E-state index in [1.54, 1.807) is 0 Å². The zero-order valence-corrected chi connectivity index (χ0v) is 8.52. The van der Waals surface area contributed by atoms with E-state index in [0.29, 0.717) is 13.0 Å². The van der Waals surface area contributed by atoms with Crippen molar-refractivity contribution in [2.75, 3.05) is 13.2 Å². The Labute approximate surface area is 83.4 Å². The van der Waals surface area contributed by atoms with E-state index in [-0.39, 0.29) is 6.61 Å². The second-order valence-electron chi connectivity index (χ2n) is 2.59. The fourth-order valence-corrected chi connectivity index (χ4v) is 1.19. The van der Waals surface area contributed by atoms with Crippen molar-refractivity contribution in [1.82, 2.24) is 0 Å². The fraction of sp³-hybridized carbons (Fsp3) is 0.333. The summed E-state index contributed by atoms with van der Waals surface area (Å²) in [5.74, 6) is 0.792. The van der Waals surface area contributed by atoms with Gasteiger partial charge in [-0.05, 0) is 12.1 Å². The summed E-state index contributed by atoms with van der Waals surface area (Å²) in [6, 6.07) is 9.39. The SMILES string of the molecule is O=[P+](O)OCCCOc1ccccc1. The van der Waals surface area contributed by atoms with Gasteiger partial charge in [-0.3, -0.25) is 0 Å². The van der Waals surface area contributed by atoms with Gasteiger partial charge in [-0.1, -0.05) is 18.2 Å². The average Bonchev–Trinajstić information content (AvgIpc) is 2.18. The first-order valence-electron chi connectivity index (χ1n) is 4.26. The Hall–Kier alpha value is -0.960. The number of hydrogen-bond donors (Lipinski definition) is 1. The van der Waals surface area contributed by atoms with Crippen LogP contribution < -0.4 is 4.74 Å². The molecule has 0 saturated carbocycles. The number of hydrogen-bond acceptors (Lipinski definition) is 3. The van der Waals surface area contributed by atoms with Crippen molar-refractivity contribution in [1.29, 1.82) is 0 Å². The Balaban J connectivity index is 2.08. The molecule has 0 aliphatic heterocycles. The smallest absolute Gasteiger partial charge is 0.494 e. The molecule has 0 aliphatic rings. The van der Waals surface area contributed by atoms with E-state index in [1.165, 1.54) is 0 Å². The molecule has 1 unspecified atom stereocenters. The minimum absolute atomic E-state index is 0.235. The molecule has 1 aromatic rings. The number of para-hydroxylation sites is 1. The van der Waals surface area contributed by atoms with E-state index in [1.807, 2.05) is 30.3 Å². The normalized spacial score (nSPS) is 11.1. The van der Waals surface area contributed by atoms with Crippen LogP contribution in [0.25, 0.3) is 0 Å². The second-order valence-corrected chi connectivity index (χ2v) is 3.32. The van der Waals surface area contributed by atoms with Crippen LogP contribution in [0, 0.1) is 0 Å². The molecule has 1 N–H and O–H groups in total. The van der Waals surface area contributed by atoms with E-state index < -0.39 is 8.25 Å². The summed E-state index contributed by atoms with van der Waals surface area (Å²) < 4.78 is 19.9. The molecule has 0 fully saturated rings. The molecule has 5 heteroatoms. The van der Waals surface area contributed by atoms with Crippen molar-refractivity contribution >= 4 is 8.25 Å². The third-order valence-corrected chi connectivity index (χ3v) is 1.91. The molecule has 1 atom stereocenters. The Morgan fingerprint density at radius 3 is 2.57 bits per heavy atom. The van der Waals surface area contributed by atoms with Crippen LogP contribution in [0.3, 0.4) is 0 Å². The molecule has 0 heterocycles. The Morgan fingerprint density at radius 2 is 1.93 bits per heavy atom. The monoisotopic (exact) mass is 215 g/mol. The minimum Gasteiger partial charge on any atom is -0.494 e. The van der Waals surface area contributed by atoms with Gasteiger partial charge in [0.15, 0.2) is 0 Å². The van der Waals surface area contributed by atoms with Crippen molar-refractivity contribution in [3.8, 4) is 5.75 Å². The van der Waals surface area contributed by atoms with Gasteiger partial charge in [0.05, 0.1) is 6.61 Å². The van der Waals surface area contributed by atoms with Gasteiger partial charge >= 0.3 is 8.25 Å². The maximum Gasteiger partial charge on any atom is 0.694 e. The molecule has 0 aromatic heterocycles. The first-order chi connectivity index (χ1) is 6.79. The lowest BCUT2D eigenvalue weighted by atomic mass is 10.3. The standard InChI is InChI=1S/C9H11O4P/c10-14(11)13-8-4-7-12-9-5-2-1-3-6-9/h1-3,5-6H,4,7-8H2/p+1. The molecule has 1 rings (SSSR count). The summed E-state index contributed by atoms with van der Waals surface area (Å²) in [6.07, 6.45) is 0.594. The van der Waals surface area contributed by atoms with Gasteiger partial charge in [-0.15, -0.1) is 9.42 Å². The van der Waals surface area contributed by atoms with Crippen LogP contribution >= 0.6 is 8.25 Å². The second kappa shape index (κ2) is 6.49. The first kappa shape index (κ1) is 11.1. The summed E-state index contributed by atoms with van der Waals surface area (Å²) >= 11 is 0. The molecule has 0 radical (unpaired) electrons. The van der Waals surface area contributed by atoms with Gasteiger partial charge in [-0.25, -0.2) is 0 Å². The third kappa shape index (κ3) is 4.92. The van der Waals surface area contributed by atoms with Crippen LogP contribution in [0.15, 0.2) is 30.3 Å². The van der Waals surface area contributed by atoms with Crippen LogP contribution in [0.2, 0.25) is 0 Å². The summed E-state index contributed by atoms with van der Waals surface area (Å²) in [6.45, 7) is 0.714. The molecule has 76 valence electrons. The third-order valence-electron chi connectivity index (χ3n) is 1.50. The Bertz CT molecular complexity index is 275. The highest BCUT2D eigenvalue weighted by molar-refractivity contribution is 7.32. The summed E-state index contributed by atoms with van der Waals surface area (Å²) in [4.78, 5) is 8.31. The van der Waals surface area contributed by atoms with Crippen LogP contribution in [0.4, 0.5) is 0 Å². The van der Waals surface area contributed by atoms with E-state index in [0.717, 1.165) is 5.75 Å². The van der Waals surface area contributed by atoms with Gasteiger partial charge < -0.3 is 4.74 Å². The van der Waals surface area contributed by atoms with Crippen LogP contribution in [-0.2, 0) is 9.09 Å². The maximum absolute atomic E-state index is 10.1. The highest BCUT2D eigenvalue weighted by Gasteiger charge is 2.10. The highest BCUT2D eigenvalue weighted by Crippen LogP contribution is 2.14. The van der Waals surface area contributed by atoms with E-state index in [9.17, 15) is 4.57 Å². The van der Waals surface area contributed by atoms with Crippen LogP contribution in [0.1, 0.15) is 6.42 Å². The topological polar surface area (TPSA) is 55.8 Å². The van der Waals surface area contributed by atoms with Crippen molar-refractivity contribution in [2.24, 2.45) is 0 Å². The summed E-state index contributed by atoms with van der Waals surface area (Å²) in [5, 5.41) is 0. The van der Waals surface area contributed by atoms with Crippen molar-refractivity contribution in [3.05, 3.63) is 30.3 Å². The molecular formula is C9H12O4P+. The quantitative estimate of drug-likeness (QED) is 0.583. The highest BCUT2D eigenvalue weighted by atomic mass is 31.1. The lowest BCUT2D eigenvalue weighted by Crippen LogP contribution is -2.00. The number of rotatable bonds is 6. The Morgan fingerprint density at radius 1 is 1.21 bits per heavy atom. The maximum atomic E-state index is 10.1. The number of ether oxygens (including phenoxy) is 1. The lowest BCUT2D eigenvalue weighted by Gasteiger charge is -2.03. The van der Waals surface area contributed by atoms with Gasteiger partial charge in [0.1, 0.15) is 12.4 Å². The lowest BCUT2D eigenvalue weighted by molar-refractivity contribution is 0.235. The molecule has 1 aromatic carbocycles. The van der Waals surface area contributed by atoms with Crippen molar-refractivity contribution < 1.29 is 18.7 Å². The zero-order chi connectivity index (χ0) is 10.2. The van der Waals surface area contributed by atoms with E-state index in [4.69, 9.17) is 9.63 Å². The van der Waals surface area contributed by atoms with E-state index >= 15 is 0 Å². The number of benzene rings is 1. The largest absolute Gasteiger partial charge is 0.694 e. The van der Waals surface area contributed by atoms with Gasteiger partial charge in [0.2, 0.25) is 0 Å². The predicted molar refractivity (Wildman–Crippen MR) is 52.3 cm³/mol. The average molecular weight is 215 g/mol. The fourth-order valence-electron chi connectivity index (χ4n) is 0.908. The van der Waals surface area contributed by atoms with Crippen LogP contribution in [-0.4, -0.2) is 18.1 Å². The van der Waals surface area contributed by atoms with Gasteiger partial charge in [-0.2, -0.15) is 0 Å². The first-order valence-corrected chi connectivity index (χ1v) is 5.39. The molecule has 0 saturated heterocycles. The summed E-state index contributed by atoms with van der Waals surface area (Å²) in [7, 11) is -2.48. The Kier molecular flexibility index (Phi) is 5.15. The van der Waals surface area contributed by atoms with Gasteiger partial charge in [0, 0.05) is 11.0 Å². The summed E-state index contributed by atoms with van der Waals surface area (Å²) in [5.41, 5.74) is 0. The van der Waals surface area contributed by atoms with Crippen LogP contribution in [0.5, 0.6) is 5.75 Å².